The maximum Gasteiger partial charge on any atom is 0.414 e. The van der Waals surface area contributed by atoms with Gasteiger partial charge in [-0.05, 0) is 37.0 Å². The summed E-state index contributed by atoms with van der Waals surface area (Å²) in [7, 11) is 0. The zero-order valence-corrected chi connectivity index (χ0v) is 18.0. The number of benzene rings is 1. The summed E-state index contributed by atoms with van der Waals surface area (Å²) in [5, 5.41) is 12.0. The molecule has 9 nitrogen and oxygen atoms in total. The van der Waals surface area contributed by atoms with Crippen LogP contribution in [0.5, 0.6) is 0 Å². The average molecular weight is 449 g/mol. The zero-order chi connectivity index (χ0) is 22.0. The molecule has 2 aliphatic heterocycles. The second-order valence-corrected chi connectivity index (χ2v) is 8.95. The van der Waals surface area contributed by atoms with Gasteiger partial charge in [-0.15, -0.1) is 10.2 Å². The first kappa shape index (κ1) is 21.3. The highest BCUT2D eigenvalue weighted by Gasteiger charge is 2.33. The van der Waals surface area contributed by atoms with E-state index in [9.17, 15) is 14.0 Å². The van der Waals surface area contributed by atoms with Crippen LogP contribution in [0, 0.1) is 11.7 Å². The summed E-state index contributed by atoms with van der Waals surface area (Å²) < 4.78 is 20.2. The summed E-state index contributed by atoms with van der Waals surface area (Å²) in [4.78, 5) is 26.6. The molecule has 0 radical (unpaired) electrons. The van der Waals surface area contributed by atoms with Crippen LogP contribution in [0.3, 0.4) is 0 Å². The fraction of sp³-hybridized carbons (Fsp3) is 0.500. The number of aromatic nitrogens is 2. The molecule has 2 amide bonds. The number of nitrogen functional groups attached to an aromatic ring is 1. The summed E-state index contributed by atoms with van der Waals surface area (Å²) in [6.45, 7) is 3.40. The lowest BCUT2D eigenvalue weighted by Gasteiger charge is -2.33. The molecule has 0 saturated carbocycles. The number of cyclic esters (lactones) is 1. The predicted molar refractivity (Wildman–Crippen MR) is 116 cm³/mol. The van der Waals surface area contributed by atoms with Gasteiger partial charge in [0.25, 0.3) is 0 Å². The number of rotatable bonds is 6. The first-order valence-electron chi connectivity index (χ1n) is 10.2. The van der Waals surface area contributed by atoms with E-state index in [0.29, 0.717) is 22.4 Å². The number of hydrogen-bond acceptors (Lipinski definition) is 8. The Hall–Kier alpha value is -2.95. The van der Waals surface area contributed by atoms with Crippen molar-refractivity contribution < 1.29 is 18.7 Å². The number of ether oxygens (including phenoxy) is 1. The van der Waals surface area contributed by atoms with Crippen LogP contribution in [0.4, 0.5) is 25.7 Å². The van der Waals surface area contributed by atoms with Gasteiger partial charge in [-0.3, -0.25) is 9.69 Å². The summed E-state index contributed by atoms with van der Waals surface area (Å²) in [6, 6.07) is 4.81. The third-order valence-electron chi connectivity index (χ3n) is 5.60. The maximum absolute atomic E-state index is 14.9. The predicted octanol–water partition coefficient (Wildman–Crippen LogP) is 2.18. The van der Waals surface area contributed by atoms with Gasteiger partial charge in [0.1, 0.15) is 16.9 Å². The molecule has 31 heavy (non-hydrogen) atoms. The molecule has 3 heterocycles. The Morgan fingerprint density at radius 1 is 1.35 bits per heavy atom. The molecule has 2 saturated heterocycles. The van der Waals surface area contributed by atoms with Gasteiger partial charge in [0.05, 0.1) is 24.5 Å². The van der Waals surface area contributed by atoms with Gasteiger partial charge in [-0.25, -0.2) is 9.18 Å². The molecule has 1 aromatic carbocycles. The Balaban J connectivity index is 1.35. The quantitative estimate of drug-likeness (QED) is 0.696. The SMILES string of the molecule is CC(=O)NCC1CN(c2ccc(N3CCC(Cc4nnc(N)s4)CC3)c(F)c2)C(=O)O1. The molecule has 4 rings (SSSR count). The van der Waals surface area contributed by atoms with Crippen LogP contribution in [0.15, 0.2) is 18.2 Å². The highest BCUT2D eigenvalue weighted by Crippen LogP contribution is 2.31. The van der Waals surface area contributed by atoms with Crippen LogP contribution in [0.1, 0.15) is 24.8 Å². The summed E-state index contributed by atoms with van der Waals surface area (Å²) in [5.74, 6) is -0.0853. The first-order chi connectivity index (χ1) is 14.9. The van der Waals surface area contributed by atoms with E-state index < -0.39 is 12.2 Å². The second kappa shape index (κ2) is 9.04. The van der Waals surface area contributed by atoms with Crippen molar-refractivity contribution in [1.82, 2.24) is 15.5 Å². The first-order valence-corrected chi connectivity index (χ1v) is 11.1. The molecule has 166 valence electrons. The van der Waals surface area contributed by atoms with Crippen LogP contribution in [-0.4, -0.2) is 54.5 Å². The number of halogens is 1. The van der Waals surface area contributed by atoms with Gasteiger partial charge in [0, 0.05) is 26.4 Å². The average Bonchev–Trinajstić information content (AvgIpc) is 3.32. The molecule has 11 heteroatoms. The number of nitrogens with one attached hydrogen (secondary N) is 1. The number of hydrogen-bond donors (Lipinski definition) is 2. The molecule has 2 fully saturated rings. The Morgan fingerprint density at radius 3 is 2.77 bits per heavy atom. The normalized spacial score (nSPS) is 19.5. The molecular weight excluding hydrogens is 423 g/mol. The lowest BCUT2D eigenvalue weighted by atomic mass is 9.93. The molecule has 3 N–H and O–H groups in total. The van der Waals surface area contributed by atoms with Crippen LogP contribution in [0.25, 0.3) is 0 Å². The van der Waals surface area contributed by atoms with E-state index in [-0.39, 0.29) is 24.8 Å². The monoisotopic (exact) mass is 448 g/mol. The number of anilines is 3. The number of piperidine rings is 1. The number of amides is 2. The van der Waals surface area contributed by atoms with E-state index in [1.807, 2.05) is 4.90 Å². The van der Waals surface area contributed by atoms with Gasteiger partial charge in [-0.2, -0.15) is 0 Å². The third kappa shape index (κ3) is 5.04. The lowest BCUT2D eigenvalue weighted by Crippen LogP contribution is -2.35. The highest BCUT2D eigenvalue weighted by atomic mass is 32.1. The van der Waals surface area contributed by atoms with Crippen molar-refractivity contribution in [2.24, 2.45) is 5.92 Å². The van der Waals surface area contributed by atoms with Crippen molar-refractivity contribution in [3.63, 3.8) is 0 Å². The Kier molecular flexibility index (Phi) is 6.21. The van der Waals surface area contributed by atoms with Crippen molar-refractivity contribution in [3.05, 3.63) is 29.0 Å². The largest absolute Gasteiger partial charge is 0.442 e. The summed E-state index contributed by atoms with van der Waals surface area (Å²) in [6.07, 6.45) is 1.72. The van der Waals surface area contributed by atoms with Crippen LogP contribution in [-0.2, 0) is 16.0 Å². The van der Waals surface area contributed by atoms with Crippen LogP contribution in [0.2, 0.25) is 0 Å². The molecular formula is C20H25FN6O3S. The Bertz CT molecular complexity index is 962. The van der Waals surface area contributed by atoms with Crippen LogP contribution >= 0.6 is 11.3 Å². The molecule has 2 aromatic rings. The fourth-order valence-corrected chi connectivity index (χ4v) is 4.71. The van der Waals surface area contributed by atoms with Gasteiger partial charge in [0.15, 0.2) is 0 Å². The minimum atomic E-state index is -0.541. The van der Waals surface area contributed by atoms with Crippen molar-refractivity contribution in [1.29, 1.82) is 0 Å². The maximum atomic E-state index is 14.9. The van der Waals surface area contributed by atoms with Crippen molar-refractivity contribution >= 4 is 39.8 Å². The van der Waals surface area contributed by atoms with E-state index in [1.165, 1.54) is 29.2 Å². The van der Waals surface area contributed by atoms with E-state index in [2.05, 4.69) is 15.5 Å². The number of nitrogens with zero attached hydrogens (tertiary/aromatic N) is 4. The van der Waals surface area contributed by atoms with E-state index >= 15 is 0 Å². The Labute approximate surface area is 183 Å². The summed E-state index contributed by atoms with van der Waals surface area (Å²) in [5.41, 5.74) is 6.62. The van der Waals surface area contributed by atoms with Gasteiger partial charge < -0.3 is 20.7 Å². The topological polar surface area (TPSA) is 114 Å². The van der Waals surface area contributed by atoms with Crippen molar-refractivity contribution in [2.45, 2.75) is 32.3 Å². The fourth-order valence-electron chi connectivity index (χ4n) is 3.99. The second-order valence-electron chi connectivity index (χ2n) is 7.86. The van der Waals surface area contributed by atoms with Crippen molar-refractivity contribution in [3.8, 4) is 0 Å². The van der Waals surface area contributed by atoms with Crippen molar-refractivity contribution in [2.75, 3.05) is 41.7 Å². The number of nitrogens with two attached hydrogens (primary N) is 1. The number of carbonyl (C=O) groups excluding carboxylic acids is 2. The van der Waals surface area contributed by atoms with E-state index in [1.54, 1.807) is 12.1 Å². The molecule has 2 aliphatic rings. The summed E-state index contributed by atoms with van der Waals surface area (Å²) >= 11 is 1.42. The minimum Gasteiger partial charge on any atom is -0.442 e. The van der Waals surface area contributed by atoms with Crippen LogP contribution < -0.4 is 20.9 Å². The molecule has 1 unspecified atom stereocenters. The van der Waals surface area contributed by atoms with E-state index in [4.69, 9.17) is 10.5 Å². The van der Waals surface area contributed by atoms with Gasteiger partial charge >= 0.3 is 6.09 Å². The zero-order valence-electron chi connectivity index (χ0n) is 17.2. The number of carbonyl (C=O) groups is 2. The standard InChI is InChI=1S/C20H25FN6O3S/c1-12(28)23-10-15-11-27(20(29)30-15)14-2-3-17(16(21)9-14)26-6-4-13(5-7-26)8-18-24-25-19(22)31-18/h2-3,9,13,15H,4-8,10-11H2,1H3,(H2,22,25)(H,23,28). The molecule has 1 aromatic heterocycles. The molecule has 0 bridgehead atoms. The molecule has 0 aliphatic carbocycles. The smallest absolute Gasteiger partial charge is 0.414 e. The third-order valence-corrected chi connectivity index (χ3v) is 6.37. The Morgan fingerprint density at radius 2 is 2.13 bits per heavy atom. The van der Waals surface area contributed by atoms with E-state index in [0.717, 1.165) is 37.4 Å². The highest BCUT2D eigenvalue weighted by molar-refractivity contribution is 7.15. The van der Waals surface area contributed by atoms with Gasteiger partial charge in [-0.1, -0.05) is 11.3 Å². The lowest BCUT2D eigenvalue weighted by molar-refractivity contribution is -0.119. The van der Waals surface area contributed by atoms with Gasteiger partial charge in [0.2, 0.25) is 11.0 Å². The minimum absolute atomic E-state index is 0.193. The molecule has 1 atom stereocenters. The molecule has 0 spiro atoms.